The normalized spacial score (nSPS) is 26.8. The minimum absolute atomic E-state index is 0.0451. The summed E-state index contributed by atoms with van der Waals surface area (Å²) in [6, 6.07) is 0. The summed E-state index contributed by atoms with van der Waals surface area (Å²) < 4.78 is 0. The molecule has 0 saturated carbocycles. The first kappa shape index (κ1) is 12.2. The lowest BCUT2D eigenvalue weighted by Gasteiger charge is -2.48. The molecule has 1 spiro atoms. The Morgan fingerprint density at radius 2 is 1.81 bits per heavy atom. The Kier molecular flexibility index (Phi) is 2.99. The first-order valence-corrected chi connectivity index (χ1v) is 6.99. The van der Waals surface area contributed by atoms with Crippen molar-refractivity contribution in [2.24, 2.45) is 0 Å². The topological polar surface area (TPSA) is 23.6 Å². The molecule has 2 rings (SSSR count). The molecule has 2 saturated heterocycles. The average molecular weight is 242 g/mol. The quantitative estimate of drug-likeness (QED) is 0.647. The van der Waals surface area contributed by atoms with Gasteiger partial charge in [-0.3, -0.25) is 4.79 Å². The zero-order chi connectivity index (χ0) is 12.0. The smallest absolute Gasteiger partial charge is 0.234 e. The standard InChI is InChI=1S/C12H22N2OS/c1-11(2,3)14-10(15)9-16-12(14)5-7-13(4)8-6-12/h5-9H2,1-4H3. The van der Waals surface area contributed by atoms with Crippen LogP contribution in [0, 0.1) is 0 Å². The van der Waals surface area contributed by atoms with Crippen molar-refractivity contribution in [2.75, 3.05) is 25.9 Å². The summed E-state index contributed by atoms with van der Waals surface area (Å²) in [4.78, 5) is 16.7. The second-order valence-corrected chi connectivity index (χ2v) is 7.28. The number of likely N-dealkylation sites (tertiary alicyclic amines) is 1. The van der Waals surface area contributed by atoms with Gasteiger partial charge in [-0.2, -0.15) is 0 Å². The van der Waals surface area contributed by atoms with Crippen LogP contribution in [0.4, 0.5) is 0 Å². The van der Waals surface area contributed by atoms with Crippen LogP contribution in [0.1, 0.15) is 33.6 Å². The summed E-state index contributed by atoms with van der Waals surface area (Å²) in [5.41, 5.74) is -0.0451. The number of amides is 1. The number of piperidine rings is 1. The van der Waals surface area contributed by atoms with E-state index in [2.05, 4.69) is 37.6 Å². The number of nitrogens with zero attached hydrogens (tertiary/aromatic N) is 2. The van der Waals surface area contributed by atoms with Crippen molar-refractivity contribution in [2.45, 2.75) is 44.0 Å². The van der Waals surface area contributed by atoms with Crippen molar-refractivity contribution in [3.05, 3.63) is 0 Å². The maximum Gasteiger partial charge on any atom is 0.234 e. The monoisotopic (exact) mass is 242 g/mol. The first-order valence-electron chi connectivity index (χ1n) is 6.01. The molecule has 0 N–H and O–H groups in total. The summed E-state index contributed by atoms with van der Waals surface area (Å²) in [5, 5.41) is 0. The van der Waals surface area contributed by atoms with Gasteiger partial charge in [-0.25, -0.2) is 0 Å². The van der Waals surface area contributed by atoms with Gasteiger partial charge in [0.2, 0.25) is 5.91 Å². The molecule has 0 unspecified atom stereocenters. The van der Waals surface area contributed by atoms with E-state index in [-0.39, 0.29) is 10.4 Å². The van der Waals surface area contributed by atoms with E-state index < -0.39 is 0 Å². The highest BCUT2D eigenvalue weighted by molar-refractivity contribution is 8.01. The molecule has 0 bridgehead atoms. The lowest BCUT2D eigenvalue weighted by molar-refractivity contribution is -0.137. The molecule has 2 aliphatic rings. The fourth-order valence-electron chi connectivity index (χ4n) is 2.87. The van der Waals surface area contributed by atoms with Crippen molar-refractivity contribution in [3.63, 3.8) is 0 Å². The zero-order valence-electron chi connectivity index (χ0n) is 10.7. The van der Waals surface area contributed by atoms with Gasteiger partial charge in [-0.05, 0) is 40.7 Å². The molecule has 4 heteroatoms. The van der Waals surface area contributed by atoms with E-state index in [1.165, 1.54) is 0 Å². The van der Waals surface area contributed by atoms with Gasteiger partial charge in [0.25, 0.3) is 0 Å². The third-order valence-corrected chi connectivity index (χ3v) is 5.08. The second-order valence-electron chi connectivity index (χ2n) is 5.94. The Balaban J connectivity index is 2.23. The molecule has 2 aliphatic heterocycles. The van der Waals surface area contributed by atoms with Gasteiger partial charge in [0.05, 0.1) is 10.6 Å². The van der Waals surface area contributed by atoms with Gasteiger partial charge >= 0.3 is 0 Å². The lowest BCUT2D eigenvalue weighted by Crippen LogP contribution is -2.57. The number of rotatable bonds is 0. The van der Waals surface area contributed by atoms with E-state index in [1.54, 1.807) is 0 Å². The Hall–Kier alpha value is -0.220. The van der Waals surface area contributed by atoms with Crippen molar-refractivity contribution in [1.82, 2.24) is 9.80 Å². The average Bonchev–Trinajstić information content (AvgIpc) is 2.49. The van der Waals surface area contributed by atoms with Gasteiger partial charge < -0.3 is 9.80 Å². The molecule has 0 aromatic carbocycles. The highest BCUT2D eigenvalue weighted by Gasteiger charge is 2.51. The summed E-state index contributed by atoms with van der Waals surface area (Å²) >= 11 is 1.86. The van der Waals surface area contributed by atoms with E-state index >= 15 is 0 Å². The van der Waals surface area contributed by atoms with Gasteiger partial charge in [0.15, 0.2) is 0 Å². The van der Waals surface area contributed by atoms with Crippen LogP contribution in [-0.4, -0.2) is 52.0 Å². The predicted molar refractivity (Wildman–Crippen MR) is 68.5 cm³/mol. The molecule has 0 radical (unpaired) electrons. The maximum atomic E-state index is 12.1. The molecule has 0 aromatic rings. The first-order chi connectivity index (χ1) is 7.35. The van der Waals surface area contributed by atoms with E-state index in [0.29, 0.717) is 11.7 Å². The van der Waals surface area contributed by atoms with E-state index in [1.807, 2.05) is 11.8 Å². The van der Waals surface area contributed by atoms with Crippen LogP contribution in [0.2, 0.25) is 0 Å². The van der Waals surface area contributed by atoms with Crippen molar-refractivity contribution >= 4 is 17.7 Å². The lowest BCUT2D eigenvalue weighted by atomic mass is 9.96. The summed E-state index contributed by atoms with van der Waals surface area (Å²) in [6.07, 6.45) is 2.22. The maximum absolute atomic E-state index is 12.1. The number of carbonyl (C=O) groups is 1. The molecule has 92 valence electrons. The Morgan fingerprint density at radius 3 is 2.31 bits per heavy atom. The van der Waals surface area contributed by atoms with Crippen LogP contribution in [0.5, 0.6) is 0 Å². The molecular formula is C12H22N2OS. The third-order valence-electron chi connectivity index (χ3n) is 3.56. The molecule has 0 atom stereocenters. The van der Waals surface area contributed by atoms with Gasteiger partial charge in [0, 0.05) is 18.6 Å². The van der Waals surface area contributed by atoms with Crippen LogP contribution in [0.25, 0.3) is 0 Å². The molecule has 2 heterocycles. The van der Waals surface area contributed by atoms with Crippen LogP contribution in [-0.2, 0) is 4.79 Å². The number of hydrogen-bond donors (Lipinski definition) is 0. The summed E-state index contributed by atoms with van der Waals surface area (Å²) in [6.45, 7) is 8.66. The molecule has 16 heavy (non-hydrogen) atoms. The molecule has 0 aliphatic carbocycles. The van der Waals surface area contributed by atoms with Crippen LogP contribution < -0.4 is 0 Å². The van der Waals surface area contributed by atoms with Crippen LogP contribution >= 0.6 is 11.8 Å². The number of hydrogen-bond acceptors (Lipinski definition) is 3. The van der Waals surface area contributed by atoms with Crippen LogP contribution in [0.3, 0.4) is 0 Å². The Morgan fingerprint density at radius 1 is 1.25 bits per heavy atom. The number of carbonyl (C=O) groups excluding carboxylic acids is 1. The van der Waals surface area contributed by atoms with Crippen molar-refractivity contribution in [1.29, 1.82) is 0 Å². The van der Waals surface area contributed by atoms with E-state index in [4.69, 9.17) is 0 Å². The highest BCUT2D eigenvalue weighted by Crippen LogP contribution is 2.47. The fraction of sp³-hybridized carbons (Fsp3) is 0.917. The van der Waals surface area contributed by atoms with E-state index in [0.717, 1.165) is 25.9 Å². The molecule has 1 amide bonds. The Labute approximate surface area is 103 Å². The van der Waals surface area contributed by atoms with Gasteiger partial charge in [-0.15, -0.1) is 11.8 Å². The second kappa shape index (κ2) is 3.91. The largest absolute Gasteiger partial charge is 0.322 e. The van der Waals surface area contributed by atoms with Crippen molar-refractivity contribution < 1.29 is 4.79 Å². The van der Waals surface area contributed by atoms with Gasteiger partial charge in [-0.1, -0.05) is 0 Å². The summed E-state index contributed by atoms with van der Waals surface area (Å²) in [7, 11) is 2.16. The van der Waals surface area contributed by atoms with Gasteiger partial charge in [0.1, 0.15) is 0 Å². The Bertz CT molecular complexity index is 290. The predicted octanol–water partition coefficient (Wildman–Crippen LogP) is 1.78. The van der Waals surface area contributed by atoms with E-state index in [9.17, 15) is 4.79 Å². The third kappa shape index (κ3) is 1.97. The minimum Gasteiger partial charge on any atom is -0.322 e. The fourth-order valence-corrected chi connectivity index (χ4v) is 4.37. The van der Waals surface area contributed by atoms with Crippen molar-refractivity contribution in [3.8, 4) is 0 Å². The van der Waals surface area contributed by atoms with Crippen LogP contribution in [0.15, 0.2) is 0 Å². The molecule has 2 fully saturated rings. The molecular weight excluding hydrogens is 220 g/mol. The SMILES string of the molecule is CN1CCC2(CC1)SCC(=O)N2C(C)(C)C. The molecule has 0 aromatic heterocycles. The highest BCUT2D eigenvalue weighted by atomic mass is 32.2. The minimum atomic E-state index is -0.0451. The zero-order valence-corrected chi connectivity index (χ0v) is 11.6. The molecule has 3 nitrogen and oxygen atoms in total. The number of thioether (sulfide) groups is 1. The summed E-state index contributed by atoms with van der Waals surface area (Å²) in [5.74, 6) is 0.989.